The molecule has 0 N–H and O–H groups in total. The first-order valence-corrected chi connectivity index (χ1v) is 17.4. The first-order valence-electron chi connectivity index (χ1n) is 15.5. The number of thiazole rings is 1. The molecule has 4 rings (SSSR count). The van der Waals surface area contributed by atoms with E-state index < -0.39 is 23.9 Å². The zero-order chi connectivity index (χ0) is 35.7. The maximum absolute atomic E-state index is 14.2. The first kappa shape index (κ1) is 37.4. The highest BCUT2D eigenvalue weighted by molar-refractivity contribution is 14.1. The molecule has 3 aromatic rings. The first-order chi connectivity index (χ1) is 23.6. The molecule has 1 aliphatic rings. The number of halogens is 1. The van der Waals surface area contributed by atoms with Crippen molar-refractivity contribution in [2.45, 2.75) is 40.7 Å². The van der Waals surface area contributed by atoms with E-state index in [0.29, 0.717) is 53.6 Å². The van der Waals surface area contributed by atoms with Crippen molar-refractivity contribution in [2.24, 2.45) is 4.99 Å². The molecule has 0 saturated carbocycles. The van der Waals surface area contributed by atoms with E-state index in [-0.39, 0.29) is 49.9 Å². The third kappa shape index (κ3) is 8.81. The van der Waals surface area contributed by atoms with Gasteiger partial charge in [0, 0.05) is 0 Å². The van der Waals surface area contributed by atoms with E-state index in [0.717, 1.165) is 0 Å². The topological polar surface area (TPSA) is 150 Å². The van der Waals surface area contributed by atoms with Crippen LogP contribution < -0.4 is 33.8 Å². The molecule has 2 aromatic carbocycles. The van der Waals surface area contributed by atoms with Gasteiger partial charge in [0.2, 0.25) is 0 Å². The van der Waals surface area contributed by atoms with E-state index >= 15 is 0 Å². The number of rotatable bonds is 15. The molecule has 0 aliphatic carbocycles. The minimum absolute atomic E-state index is 0.123. The normalized spacial score (nSPS) is 14.0. The average molecular weight is 809 g/mol. The van der Waals surface area contributed by atoms with Gasteiger partial charge in [-0.3, -0.25) is 9.36 Å². The Morgan fingerprint density at radius 2 is 1.57 bits per heavy atom. The van der Waals surface area contributed by atoms with Crippen LogP contribution in [0.5, 0.6) is 23.0 Å². The van der Waals surface area contributed by atoms with Crippen molar-refractivity contribution < 1.29 is 47.5 Å². The number of nitrogens with zero attached hydrogens (tertiary/aromatic N) is 2. The predicted octanol–water partition coefficient (Wildman–Crippen LogP) is 3.69. The molecule has 0 spiro atoms. The zero-order valence-corrected chi connectivity index (χ0v) is 30.9. The molecule has 49 heavy (non-hydrogen) atoms. The number of hydrogen-bond acceptors (Lipinski definition) is 13. The third-order valence-electron chi connectivity index (χ3n) is 6.94. The summed E-state index contributed by atoms with van der Waals surface area (Å²) >= 11 is 3.25. The zero-order valence-electron chi connectivity index (χ0n) is 28.0. The predicted molar refractivity (Wildman–Crippen MR) is 188 cm³/mol. The van der Waals surface area contributed by atoms with Gasteiger partial charge in [0.1, 0.15) is 0 Å². The fourth-order valence-corrected chi connectivity index (χ4v) is 6.77. The van der Waals surface area contributed by atoms with E-state index in [2.05, 4.69) is 32.3 Å². The Bertz CT molecular complexity index is 1930. The molecule has 0 unspecified atom stereocenters. The van der Waals surface area contributed by atoms with Gasteiger partial charge in [-0.1, -0.05) is 17.4 Å². The minimum atomic E-state index is -0.913. The molecule has 2 heterocycles. The summed E-state index contributed by atoms with van der Waals surface area (Å²) in [6.45, 7) is 9.09. The fourth-order valence-electron chi connectivity index (χ4n) is 4.94. The third-order valence-corrected chi connectivity index (χ3v) is 8.73. The van der Waals surface area contributed by atoms with E-state index in [9.17, 15) is 19.2 Å². The molecule has 0 radical (unpaired) electrons. The maximum Gasteiger partial charge on any atom is 0.344 e. The van der Waals surface area contributed by atoms with Crippen molar-refractivity contribution in [3.63, 3.8) is 0 Å². The second-order valence-corrected chi connectivity index (χ2v) is 12.3. The Morgan fingerprint density at radius 3 is 2.24 bits per heavy atom. The number of methoxy groups -OCH3 is 1. The molecule has 1 atom stereocenters. The van der Waals surface area contributed by atoms with Gasteiger partial charge in [-0.05, 0) is 98.7 Å². The van der Waals surface area contributed by atoms with Gasteiger partial charge in [-0.15, -0.1) is 0 Å². The average Bonchev–Trinajstić information content (AvgIpc) is 3.36. The van der Waals surface area contributed by atoms with Crippen LogP contribution in [0.2, 0.25) is 0 Å². The summed E-state index contributed by atoms with van der Waals surface area (Å²) < 4.78 is 40.5. The lowest BCUT2D eigenvalue weighted by Crippen LogP contribution is -2.40. The Morgan fingerprint density at radius 1 is 0.878 bits per heavy atom. The molecule has 1 aliphatic heterocycles. The summed E-state index contributed by atoms with van der Waals surface area (Å²) in [7, 11) is 1.26. The van der Waals surface area contributed by atoms with Gasteiger partial charge >= 0.3 is 17.9 Å². The van der Waals surface area contributed by atoms with Gasteiger partial charge in [0.25, 0.3) is 5.56 Å². The van der Waals surface area contributed by atoms with E-state index in [1.807, 2.05) is 6.92 Å². The van der Waals surface area contributed by atoms with Gasteiger partial charge in [0.05, 0.1) is 59.0 Å². The van der Waals surface area contributed by atoms with Crippen LogP contribution in [0.25, 0.3) is 6.08 Å². The Hall–Kier alpha value is -4.38. The van der Waals surface area contributed by atoms with Crippen LogP contribution in [0, 0.1) is 3.57 Å². The summed E-state index contributed by atoms with van der Waals surface area (Å²) in [6, 6.07) is 7.58. The molecule has 13 nitrogen and oxygen atoms in total. The summed E-state index contributed by atoms with van der Waals surface area (Å²) in [4.78, 5) is 56.3. The van der Waals surface area contributed by atoms with Crippen LogP contribution in [0.1, 0.15) is 51.8 Å². The van der Waals surface area contributed by atoms with Crippen LogP contribution >= 0.6 is 33.9 Å². The largest absolute Gasteiger partial charge is 0.490 e. The SMILES string of the molecule is CCOC(=O)COc1c(I)cc(/C=c2\sc3n(c2=O)[C@@H](c2ccc(OCC(=O)OC)c(OCC)c2)C(C(=O)OCC)=C(C)N=3)cc1OCC. The van der Waals surface area contributed by atoms with E-state index in [1.165, 1.54) is 23.0 Å². The maximum atomic E-state index is 14.2. The summed E-state index contributed by atoms with van der Waals surface area (Å²) in [5, 5.41) is 0. The number of ether oxygens (including phenoxy) is 7. The van der Waals surface area contributed by atoms with Crippen LogP contribution in [-0.4, -0.2) is 69.2 Å². The number of carbonyl (C=O) groups excluding carboxylic acids is 3. The highest BCUT2D eigenvalue weighted by atomic mass is 127. The van der Waals surface area contributed by atoms with Crippen molar-refractivity contribution in [1.29, 1.82) is 0 Å². The van der Waals surface area contributed by atoms with Crippen molar-refractivity contribution in [3.8, 4) is 23.0 Å². The lowest BCUT2D eigenvalue weighted by Gasteiger charge is -2.25. The quantitative estimate of drug-likeness (QED) is 0.126. The molecular weight excluding hydrogens is 771 g/mol. The number of hydrogen-bond donors (Lipinski definition) is 0. The van der Waals surface area contributed by atoms with Gasteiger partial charge in [-0.2, -0.15) is 0 Å². The number of carbonyl (C=O) groups is 3. The molecule has 262 valence electrons. The minimum Gasteiger partial charge on any atom is -0.490 e. The molecule has 0 saturated heterocycles. The van der Waals surface area contributed by atoms with Crippen molar-refractivity contribution in [1.82, 2.24) is 4.57 Å². The standard InChI is InChI=1S/C34H37IN2O11S/c1-7-43-24-16-21(11-12-23(24)47-17-27(38)42-6)30-29(33(41)46-10-4)19(5)36-34-37(30)32(40)26(49-34)15-20-13-22(35)31(25(14-20)44-8-2)48-18-28(39)45-9-3/h11-16,30H,7-10,17-18H2,1-6H3/b26-15-/t30-/m0/s1. The molecule has 0 amide bonds. The number of esters is 3. The van der Waals surface area contributed by atoms with Crippen molar-refractivity contribution in [2.75, 3.05) is 46.8 Å². The van der Waals surface area contributed by atoms with Crippen molar-refractivity contribution >= 4 is 57.9 Å². The highest BCUT2D eigenvalue weighted by Crippen LogP contribution is 2.37. The van der Waals surface area contributed by atoms with Gasteiger partial charge < -0.3 is 33.2 Å². The lowest BCUT2D eigenvalue weighted by atomic mass is 9.95. The van der Waals surface area contributed by atoms with Gasteiger partial charge in [-0.25, -0.2) is 19.4 Å². The number of benzene rings is 2. The number of fused-ring (bicyclic) bond motifs is 1. The molecular formula is C34H37IN2O11S. The molecule has 0 fully saturated rings. The Balaban J connectivity index is 1.85. The monoisotopic (exact) mass is 808 g/mol. The number of allylic oxidation sites excluding steroid dienone is 1. The Labute approximate surface area is 300 Å². The van der Waals surface area contributed by atoms with Crippen LogP contribution in [0.3, 0.4) is 0 Å². The molecule has 15 heteroatoms. The summed E-state index contributed by atoms with van der Waals surface area (Å²) in [6.07, 6.45) is 1.71. The fraction of sp³-hybridized carbons (Fsp3) is 0.382. The van der Waals surface area contributed by atoms with Crippen molar-refractivity contribution in [3.05, 3.63) is 76.0 Å². The molecule has 0 bridgehead atoms. The highest BCUT2D eigenvalue weighted by Gasteiger charge is 2.34. The van der Waals surface area contributed by atoms with Crippen LogP contribution in [0.15, 0.2) is 51.4 Å². The lowest BCUT2D eigenvalue weighted by molar-refractivity contribution is -0.145. The number of aromatic nitrogens is 1. The van der Waals surface area contributed by atoms with E-state index in [1.54, 1.807) is 64.1 Å². The second kappa shape index (κ2) is 17.3. The molecule has 1 aromatic heterocycles. The summed E-state index contributed by atoms with van der Waals surface area (Å²) in [5.74, 6) is -0.301. The summed E-state index contributed by atoms with van der Waals surface area (Å²) in [5.41, 5.74) is 1.39. The Kier molecular flexibility index (Phi) is 13.2. The van der Waals surface area contributed by atoms with Gasteiger partial charge in [0.15, 0.2) is 41.0 Å². The van der Waals surface area contributed by atoms with E-state index in [4.69, 9.17) is 28.4 Å². The van der Waals surface area contributed by atoms with Crippen LogP contribution in [-0.2, 0) is 28.6 Å². The van der Waals surface area contributed by atoms with Crippen LogP contribution in [0.4, 0.5) is 0 Å². The second-order valence-electron chi connectivity index (χ2n) is 10.2. The smallest absolute Gasteiger partial charge is 0.344 e.